The van der Waals surface area contributed by atoms with Crippen LogP contribution in [0.4, 0.5) is 28.4 Å². The molecule has 0 aromatic heterocycles. The van der Waals surface area contributed by atoms with Crippen molar-refractivity contribution in [1.29, 1.82) is 0 Å². The monoisotopic (exact) mass is 788 g/mol. The molecule has 4 aliphatic rings. The first kappa shape index (κ1) is 34.2. The Kier molecular flexibility index (Phi) is 6.99. The first-order chi connectivity index (χ1) is 29.8. The van der Waals surface area contributed by atoms with Gasteiger partial charge >= 0.3 is 6.85 Å². The minimum Gasteiger partial charge on any atom is -0.450 e. The first-order valence-corrected chi connectivity index (χ1v) is 20.8. The van der Waals surface area contributed by atoms with Gasteiger partial charge in [0.1, 0.15) is 0 Å². The Morgan fingerprint density at radius 3 is 1.62 bits per heavy atom. The lowest BCUT2D eigenvalue weighted by atomic mass is 9.43. The van der Waals surface area contributed by atoms with Gasteiger partial charge in [0.25, 0.3) is 0 Å². The summed E-state index contributed by atoms with van der Waals surface area (Å²) in [5.41, 5.74) is 11.3. The van der Waals surface area contributed by atoms with Crippen LogP contribution in [0.3, 0.4) is 0 Å². The van der Waals surface area contributed by atoms with Gasteiger partial charge in [-0.2, -0.15) is 0 Å². The van der Waals surface area contributed by atoms with Gasteiger partial charge in [-0.3, -0.25) is 0 Å². The fourth-order valence-electron chi connectivity index (χ4n) is 9.76. The summed E-state index contributed by atoms with van der Waals surface area (Å²) in [6.07, 6.45) is 0. The number of benzene rings is 9. The molecule has 0 amide bonds. The molecule has 0 saturated heterocycles. The maximum atomic E-state index is 6.71. The predicted molar refractivity (Wildman–Crippen MR) is 247 cm³/mol. The van der Waals surface area contributed by atoms with Crippen molar-refractivity contribution < 1.29 is 18.9 Å². The van der Waals surface area contributed by atoms with Gasteiger partial charge in [-0.1, -0.05) is 106 Å². The largest absolute Gasteiger partial charge is 0.450 e. The summed E-state index contributed by atoms with van der Waals surface area (Å²) in [4.78, 5) is 4.92. The van der Waals surface area contributed by atoms with E-state index in [1.807, 2.05) is 54.6 Å². The van der Waals surface area contributed by atoms with E-state index < -0.39 is 0 Å². The standard InChI is InChI=1S/C54H37BN2O4/c1-54(2,3)35-20-22-36(23-21-35)57-41-27-33-13-5-4-12-32(33)26-39(41)52-38-15-7-6-14-34(38)28-43-53(52)55(57)40-30-50-51(61-47-19-11-10-18-46(47)60-50)31-42(40)56(43)37-24-25-48-49(29-37)59-45-17-9-8-16-44(45)58-48/h4-31H,1-3H3. The molecule has 0 atom stereocenters. The lowest BCUT2D eigenvalue weighted by Gasteiger charge is -2.46. The molecule has 13 rings (SSSR count). The summed E-state index contributed by atoms with van der Waals surface area (Å²) in [5.74, 6) is 5.41. The number of para-hydroxylation sites is 4. The van der Waals surface area contributed by atoms with Crippen LogP contribution >= 0.6 is 0 Å². The quantitative estimate of drug-likeness (QED) is 0.163. The molecule has 0 bridgehead atoms. The zero-order valence-corrected chi connectivity index (χ0v) is 33.8. The Hall–Kier alpha value is -7.64. The second-order valence-corrected chi connectivity index (χ2v) is 17.3. The average Bonchev–Trinajstić information content (AvgIpc) is 3.28. The van der Waals surface area contributed by atoms with Crippen LogP contribution in [-0.4, -0.2) is 6.85 Å². The maximum absolute atomic E-state index is 6.71. The molecule has 4 heterocycles. The number of hydrogen-bond acceptors (Lipinski definition) is 6. The molecule has 61 heavy (non-hydrogen) atoms. The van der Waals surface area contributed by atoms with Crippen molar-refractivity contribution >= 4 is 67.8 Å². The SMILES string of the molecule is CC(C)(C)c1ccc(N2B3c4cc5c(cc4N(c4ccc6c(c4)Oc4ccccc4O6)c4cc6ccccc6c(c43)-c3cc4ccccc4cc32)Oc2ccccc2O5)cc1. The van der Waals surface area contributed by atoms with E-state index in [0.29, 0.717) is 46.0 Å². The van der Waals surface area contributed by atoms with E-state index in [0.717, 1.165) is 39.3 Å². The molecule has 6 nitrogen and oxygen atoms in total. The third kappa shape index (κ3) is 5.10. The first-order valence-electron chi connectivity index (χ1n) is 20.8. The van der Waals surface area contributed by atoms with Gasteiger partial charge in [0.15, 0.2) is 46.0 Å². The molecule has 0 radical (unpaired) electrons. The molecular weight excluding hydrogens is 751 g/mol. The molecule has 0 unspecified atom stereocenters. The van der Waals surface area contributed by atoms with Gasteiger partial charge in [-0.25, -0.2) is 0 Å². The van der Waals surface area contributed by atoms with Crippen molar-refractivity contribution in [2.75, 3.05) is 9.71 Å². The Bertz CT molecular complexity index is 3340. The van der Waals surface area contributed by atoms with E-state index in [-0.39, 0.29) is 12.3 Å². The maximum Gasteiger partial charge on any atom is 0.333 e. The molecule has 9 aromatic rings. The molecule has 290 valence electrons. The zero-order chi connectivity index (χ0) is 40.6. The van der Waals surface area contributed by atoms with Crippen LogP contribution in [0.5, 0.6) is 46.0 Å². The van der Waals surface area contributed by atoms with Gasteiger partial charge in [0.2, 0.25) is 0 Å². The minimum absolute atomic E-state index is 0.00354. The van der Waals surface area contributed by atoms with Crippen molar-refractivity contribution in [1.82, 2.24) is 0 Å². The fraction of sp³-hybridized carbons (Fsp3) is 0.0741. The second-order valence-electron chi connectivity index (χ2n) is 17.3. The number of rotatable bonds is 2. The van der Waals surface area contributed by atoms with Gasteiger partial charge < -0.3 is 28.7 Å². The predicted octanol–water partition coefficient (Wildman–Crippen LogP) is 13.8. The number of anilines is 5. The molecule has 9 aromatic carbocycles. The van der Waals surface area contributed by atoms with Crippen LogP contribution in [0.25, 0.3) is 32.7 Å². The number of ether oxygens (including phenoxy) is 4. The van der Waals surface area contributed by atoms with Crippen molar-refractivity contribution in [3.8, 4) is 57.1 Å². The van der Waals surface area contributed by atoms with Crippen LogP contribution in [0, 0.1) is 0 Å². The van der Waals surface area contributed by atoms with Crippen LogP contribution in [0.15, 0.2) is 170 Å². The van der Waals surface area contributed by atoms with E-state index in [2.05, 4.69) is 146 Å². The molecule has 7 heteroatoms. The van der Waals surface area contributed by atoms with E-state index in [1.165, 1.54) is 38.3 Å². The average molecular weight is 789 g/mol. The number of hydrogen-bond donors (Lipinski definition) is 0. The Morgan fingerprint density at radius 1 is 0.426 bits per heavy atom. The van der Waals surface area contributed by atoms with Crippen molar-refractivity contribution in [2.24, 2.45) is 0 Å². The molecule has 0 spiro atoms. The highest BCUT2D eigenvalue weighted by molar-refractivity contribution is 6.94. The second kappa shape index (κ2) is 12.4. The summed E-state index contributed by atoms with van der Waals surface area (Å²) in [5, 5.41) is 4.75. The van der Waals surface area contributed by atoms with Gasteiger partial charge in [0, 0.05) is 40.4 Å². The summed E-state index contributed by atoms with van der Waals surface area (Å²) in [6.45, 7) is 6.56. The Morgan fingerprint density at radius 2 is 0.951 bits per heavy atom. The van der Waals surface area contributed by atoms with Crippen LogP contribution < -0.4 is 39.6 Å². The summed E-state index contributed by atoms with van der Waals surface area (Å²) in [6, 6.07) is 60.0. The highest BCUT2D eigenvalue weighted by atomic mass is 16.6. The molecule has 0 aliphatic carbocycles. The normalized spacial score (nSPS) is 13.9. The van der Waals surface area contributed by atoms with Crippen LogP contribution in [0.1, 0.15) is 26.3 Å². The van der Waals surface area contributed by atoms with Gasteiger partial charge in [0.05, 0.1) is 5.69 Å². The van der Waals surface area contributed by atoms with Crippen LogP contribution in [-0.2, 0) is 5.41 Å². The lowest BCUT2D eigenvalue weighted by molar-refractivity contribution is 0.359. The number of nitrogens with zero attached hydrogens (tertiary/aromatic N) is 2. The highest BCUT2D eigenvalue weighted by Gasteiger charge is 2.47. The Balaban J connectivity index is 1.13. The highest BCUT2D eigenvalue weighted by Crippen LogP contribution is 2.54. The smallest absolute Gasteiger partial charge is 0.333 e. The van der Waals surface area contributed by atoms with Gasteiger partial charge in [-0.15, -0.1) is 0 Å². The summed E-state index contributed by atoms with van der Waals surface area (Å²) >= 11 is 0. The van der Waals surface area contributed by atoms with Crippen LogP contribution in [0.2, 0.25) is 0 Å². The minimum atomic E-state index is -0.245. The molecule has 4 aliphatic heterocycles. The molecule has 0 fully saturated rings. The van der Waals surface area contributed by atoms with Crippen molar-refractivity contribution in [3.05, 3.63) is 175 Å². The van der Waals surface area contributed by atoms with E-state index in [1.54, 1.807) is 0 Å². The summed E-state index contributed by atoms with van der Waals surface area (Å²) in [7, 11) is 0. The number of fused-ring (bicyclic) bond motifs is 11. The van der Waals surface area contributed by atoms with E-state index >= 15 is 0 Å². The van der Waals surface area contributed by atoms with Crippen molar-refractivity contribution in [2.45, 2.75) is 26.2 Å². The lowest BCUT2D eigenvalue weighted by Crippen LogP contribution is -2.61. The zero-order valence-electron chi connectivity index (χ0n) is 33.8. The van der Waals surface area contributed by atoms with E-state index in [9.17, 15) is 0 Å². The molecule has 0 N–H and O–H groups in total. The third-order valence-corrected chi connectivity index (χ3v) is 12.6. The Labute approximate surface area is 353 Å². The third-order valence-electron chi connectivity index (χ3n) is 12.6. The summed E-state index contributed by atoms with van der Waals surface area (Å²) < 4.78 is 26.3. The van der Waals surface area contributed by atoms with E-state index in [4.69, 9.17) is 18.9 Å². The van der Waals surface area contributed by atoms with Crippen molar-refractivity contribution in [3.63, 3.8) is 0 Å². The topological polar surface area (TPSA) is 43.4 Å². The van der Waals surface area contributed by atoms with Gasteiger partial charge in [-0.05, 0) is 122 Å². The molecular formula is C54H37BN2O4. The fourth-order valence-corrected chi connectivity index (χ4v) is 9.76. The molecule has 0 saturated carbocycles.